The van der Waals surface area contributed by atoms with Crippen LogP contribution in [0.5, 0.6) is 5.75 Å². The van der Waals surface area contributed by atoms with Crippen LogP contribution in [0.4, 0.5) is 5.69 Å². The number of nitrogens with one attached hydrogen (secondary N) is 1. The van der Waals surface area contributed by atoms with Gasteiger partial charge in [0.2, 0.25) is 5.91 Å². The van der Waals surface area contributed by atoms with Gasteiger partial charge < -0.3 is 10.1 Å². The van der Waals surface area contributed by atoms with Crippen molar-refractivity contribution in [3.8, 4) is 11.4 Å². The molecular weight excluding hydrogens is 338 g/mol. The molecule has 1 N–H and O–H groups in total. The van der Waals surface area contributed by atoms with E-state index in [0.29, 0.717) is 5.69 Å². The fourth-order valence-electron chi connectivity index (χ4n) is 3.91. The van der Waals surface area contributed by atoms with Crippen molar-refractivity contribution in [2.45, 2.75) is 31.1 Å². The number of carbonyl (C=O) groups excluding carboxylic acids is 1. The van der Waals surface area contributed by atoms with Crippen LogP contribution in [0.25, 0.3) is 5.69 Å². The van der Waals surface area contributed by atoms with Gasteiger partial charge in [-0.25, -0.2) is 4.68 Å². The van der Waals surface area contributed by atoms with Crippen molar-refractivity contribution in [3.05, 3.63) is 72.6 Å². The standard InChI is InChI=1S/C22H23N3O2/c1-27-20-11-7-8-17(14-20)22(12-5-6-13-22)21(26)24-18-15-23-25(16-18)19-9-3-2-4-10-19/h2-4,7-11,14-16H,5-6,12-13H2,1H3,(H,24,26). The molecule has 5 nitrogen and oxygen atoms in total. The number of hydrogen-bond donors (Lipinski definition) is 1. The number of amides is 1. The van der Waals surface area contributed by atoms with E-state index in [-0.39, 0.29) is 5.91 Å². The van der Waals surface area contributed by atoms with Crippen LogP contribution in [0.2, 0.25) is 0 Å². The fourth-order valence-corrected chi connectivity index (χ4v) is 3.91. The fraction of sp³-hybridized carbons (Fsp3) is 0.273. The van der Waals surface area contributed by atoms with Crippen LogP contribution in [-0.2, 0) is 10.2 Å². The summed E-state index contributed by atoms with van der Waals surface area (Å²) in [5.74, 6) is 0.810. The van der Waals surface area contributed by atoms with Gasteiger partial charge in [0.05, 0.1) is 36.3 Å². The predicted molar refractivity (Wildman–Crippen MR) is 105 cm³/mol. The maximum atomic E-state index is 13.3. The van der Waals surface area contributed by atoms with Crippen molar-refractivity contribution < 1.29 is 9.53 Å². The highest BCUT2D eigenvalue weighted by molar-refractivity contribution is 5.99. The molecule has 0 saturated heterocycles. The molecule has 5 heteroatoms. The van der Waals surface area contributed by atoms with Gasteiger partial charge in [0, 0.05) is 0 Å². The number of para-hydroxylation sites is 1. The number of ether oxygens (including phenoxy) is 1. The molecule has 3 aromatic rings. The Bertz CT molecular complexity index is 927. The summed E-state index contributed by atoms with van der Waals surface area (Å²) >= 11 is 0. The van der Waals surface area contributed by atoms with Crippen molar-refractivity contribution >= 4 is 11.6 Å². The molecule has 0 atom stereocenters. The van der Waals surface area contributed by atoms with Crippen molar-refractivity contribution in [2.24, 2.45) is 0 Å². The van der Waals surface area contributed by atoms with Crippen LogP contribution in [0.3, 0.4) is 0 Å². The van der Waals surface area contributed by atoms with E-state index >= 15 is 0 Å². The van der Waals surface area contributed by atoms with E-state index in [1.54, 1.807) is 18.0 Å². The van der Waals surface area contributed by atoms with E-state index in [1.807, 2.05) is 60.8 Å². The molecule has 0 radical (unpaired) electrons. The first-order valence-electron chi connectivity index (χ1n) is 9.27. The van der Waals surface area contributed by atoms with Crippen molar-refractivity contribution in [3.63, 3.8) is 0 Å². The Morgan fingerprint density at radius 2 is 1.89 bits per heavy atom. The molecule has 2 aromatic carbocycles. The maximum Gasteiger partial charge on any atom is 0.235 e. The second-order valence-corrected chi connectivity index (χ2v) is 6.98. The summed E-state index contributed by atoms with van der Waals surface area (Å²) in [5.41, 5.74) is 2.18. The molecule has 1 heterocycles. The molecule has 1 saturated carbocycles. The van der Waals surface area contributed by atoms with Crippen LogP contribution < -0.4 is 10.1 Å². The highest BCUT2D eigenvalue weighted by Crippen LogP contribution is 2.43. The molecule has 1 fully saturated rings. The molecule has 1 amide bonds. The minimum absolute atomic E-state index is 0.0286. The quantitative estimate of drug-likeness (QED) is 0.736. The van der Waals surface area contributed by atoms with Crippen molar-refractivity contribution in [1.82, 2.24) is 9.78 Å². The summed E-state index contributed by atoms with van der Waals surface area (Å²) in [7, 11) is 1.65. The lowest BCUT2D eigenvalue weighted by Gasteiger charge is -2.28. The highest BCUT2D eigenvalue weighted by atomic mass is 16.5. The minimum Gasteiger partial charge on any atom is -0.497 e. The first-order valence-corrected chi connectivity index (χ1v) is 9.27. The number of hydrogen-bond acceptors (Lipinski definition) is 3. The van der Waals surface area contributed by atoms with Gasteiger partial charge in [-0.05, 0) is 42.7 Å². The maximum absolute atomic E-state index is 13.3. The predicted octanol–water partition coefficient (Wildman–Crippen LogP) is 4.33. The summed E-state index contributed by atoms with van der Waals surface area (Å²) in [6, 6.07) is 17.7. The molecule has 138 valence electrons. The third-order valence-corrected chi connectivity index (χ3v) is 5.38. The number of anilines is 1. The van der Waals surface area contributed by atoms with Crippen LogP contribution in [0, 0.1) is 0 Å². The molecule has 1 aromatic heterocycles. The lowest BCUT2D eigenvalue weighted by Crippen LogP contribution is -2.37. The van der Waals surface area contributed by atoms with Crippen LogP contribution in [-0.4, -0.2) is 22.8 Å². The Morgan fingerprint density at radius 1 is 1.11 bits per heavy atom. The van der Waals surface area contributed by atoms with E-state index < -0.39 is 5.41 Å². The van der Waals surface area contributed by atoms with E-state index in [4.69, 9.17) is 4.74 Å². The molecule has 27 heavy (non-hydrogen) atoms. The highest BCUT2D eigenvalue weighted by Gasteiger charge is 2.43. The first kappa shape index (κ1) is 17.3. The smallest absolute Gasteiger partial charge is 0.235 e. The van der Waals surface area contributed by atoms with Crippen LogP contribution in [0.1, 0.15) is 31.2 Å². The Kier molecular flexibility index (Phi) is 4.67. The minimum atomic E-state index is -0.511. The molecule has 1 aliphatic carbocycles. The zero-order valence-corrected chi connectivity index (χ0v) is 15.4. The topological polar surface area (TPSA) is 56.1 Å². The summed E-state index contributed by atoms with van der Waals surface area (Å²) in [6.45, 7) is 0. The van der Waals surface area contributed by atoms with Crippen LogP contribution >= 0.6 is 0 Å². The van der Waals surface area contributed by atoms with Crippen LogP contribution in [0.15, 0.2) is 67.0 Å². The van der Waals surface area contributed by atoms with Gasteiger partial charge in [0.1, 0.15) is 5.75 Å². The van der Waals surface area contributed by atoms with Crippen molar-refractivity contribution in [2.75, 3.05) is 12.4 Å². The van der Waals surface area contributed by atoms with Crippen molar-refractivity contribution in [1.29, 1.82) is 0 Å². The van der Waals surface area contributed by atoms with E-state index in [1.165, 1.54) is 0 Å². The van der Waals surface area contributed by atoms with E-state index in [9.17, 15) is 4.79 Å². The SMILES string of the molecule is COc1cccc(C2(C(=O)Nc3cnn(-c4ccccc4)c3)CCCC2)c1. The Balaban J connectivity index is 1.59. The zero-order chi connectivity index (χ0) is 18.7. The number of benzene rings is 2. The normalized spacial score (nSPS) is 15.4. The van der Waals surface area contributed by atoms with Gasteiger partial charge in [-0.15, -0.1) is 0 Å². The summed E-state index contributed by atoms with van der Waals surface area (Å²) in [6.07, 6.45) is 7.33. The van der Waals surface area contributed by atoms with Gasteiger partial charge in [-0.2, -0.15) is 5.10 Å². The Hall–Kier alpha value is -3.08. The third kappa shape index (κ3) is 3.33. The van der Waals surface area contributed by atoms with Gasteiger partial charge in [-0.1, -0.05) is 43.2 Å². The number of nitrogens with zero attached hydrogens (tertiary/aromatic N) is 2. The number of carbonyl (C=O) groups is 1. The van der Waals surface area contributed by atoms with Gasteiger partial charge in [-0.3, -0.25) is 4.79 Å². The number of methoxy groups -OCH3 is 1. The average molecular weight is 361 g/mol. The Morgan fingerprint density at radius 3 is 2.63 bits per heavy atom. The first-order chi connectivity index (χ1) is 13.2. The lowest BCUT2D eigenvalue weighted by atomic mass is 9.78. The summed E-state index contributed by atoms with van der Waals surface area (Å²) < 4.78 is 7.13. The molecule has 4 rings (SSSR count). The molecule has 0 unspecified atom stereocenters. The molecule has 0 spiro atoms. The Labute approximate surface area is 159 Å². The van der Waals surface area contributed by atoms with E-state index in [0.717, 1.165) is 42.7 Å². The monoisotopic (exact) mass is 361 g/mol. The average Bonchev–Trinajstić information content (AvgIpc) is 3.39. The van der Waals surface area contributed by atoms with Gasteiger partial charge in [0.25, 0.3) is 0 Å². The summed E-state index contributed by atoms with van der Waals surface area (Å²) in [5, 5.41) is 7.46. The molecule has 0 aliphatic heterocycles. The number of aromatic nitrogens is 2. The lowest BCUT2D eigenvalue weighted by molar-refractivity contribution is -0.121. The van der Waals surface area contributed by atoms with Gasteiger partial charge >= 0.3 is 0 Å². The second-order valence-electron chi connectivity index (χ2n) is 6.98. The zero-order valence-electron chi connectivity index (χ0n) is 15.4. The van der Waals surface area contributed by atoms with Gasteiger partial charge in [0.15, 0.2) is 0 Å². The molecular formula is C22H23N3O2. The third-order valence-electron chi connectivity index (χ3n) is 5.38. The molecule has 1 aliphatic rings. The number of rotatable bonds is 5. The molecule has 0 bridgehead atoms. The largest absolute Gasteiger partial charge is 0.497 e. The second kappa shape index (κ2) is 7.27. The summed E-state index contributed by atoms with van der Waals surface area (Å²) in [4.78, 5) is 13.3. The van der Waals surface area contributed by atoms with E-state index in [2.05, 4.69) is 10.4 Å².